The van der Waals surface area contributed by atoms with Crippen LogP contribution in [0, 0.1) is 17.0 Å². The first kappa shape index (κ1) is 18.3. The van der Waals surface area contributed by atoms with E-state index in [4.69, 9.17) is 20.0 Å². The predicted octanol–water partition coefficient (Wildman–Crippen LogP) is 2.38. The minimum atomic E-state index is -0.745. The molecule has 0 fully saturated rings. The van der Waals surface area contributed by atoms with E-state index in [-0.39, 0.29) is 6.42 Å². The summed E-state index contributed by atoms with van der Waals surface area (Å²) in [6, 6.07) is 7.94. The van der Waals surface area contributed by atoms with Gasteiger partial charge in [-0.3, -0.25) is 14.9 Å². The second kappa shape index (κ2) is 11.4. The molecule has 0 aliphatic carbocycles. The molecule has 0 spiro atoms. The Labute approximate surface area is 106 Å². The maximum Gasteiger partial charge on any atom is 0.303 e. The summed E-state index contributed by atoms with van der Waals surface area (Å²) in [6.07, 6.45) is 0.222. The Morgan fingerprint density at radius 1 is 1.44 bits per heavy atom. The molecule has 0 heterocycles. The molecule has 0 atom stereocenters. The first-order valence-corrected chi connectivity index (χ1v) is 5.24. The third-order valence-corrected chi connectivity index (χ3v) is 1.62. The van der Waals surface area contributed by atoms with Gasteiger partial charge >= 0.3 is 5.97 Å². The molecule has 0 saturated carbocycles. The number of nitro groups is 1. The number of nitrogens with zero attached hydrogens (tertiary/aromatic N) is 1. The Hall–Kier alpha value is -2.11. The molecular weight excluding hydrogens is 238 g/mol. The van der Waals surface area contributed by atoms with Crippen molar-refractivity contribution >= 4 is 5.97 Å². The Morgan fingerprint density at radius 3 is 2.06 bits per heavy atom. The van der Waals surface area contributed by atoms with Crippen molar-refractivity contribution in [1.82, 2.24) is 0 Å². The van der Waals surface area contributed by atoms with Gasteiger partial charge in [-0.15, -0.1) is 0 Å². The van der Waals surface area contributed by atoms with E-state index in [2.05, 4.69) is 0 Å². The number of carboxylic acid groups (broad SMARTS) is 1. The number of carbonyl (C=O) groups is 1. The minimum absolute atomic E-state index is 0.222. The molecule has 0 saturated heterocycles. The van der Waals surface area contributed by atoms with Crippen molar-refractivity contribution in [3.8, 4) is 5.75 Å². The Bertz CT molecular complexity index is 361. The van der Waals surface area contributed by atoms with Crippen LogP contribution in [0.15, 0.2) is 24.3 Å². The van der Waals surface area contributed by atoms with Gasteiger partial charge in [-0.25, -0.2) is 0 Å². The molecule has 1 aromatic rings. The molecule has 0 bridgehead atoms. The van der Waals surface area contributed by atoms with E-state index in [9.17, 15) is 4.79 Å². The van der Waals surface area contributed by atoms with Gasteiger partial charge in [-0.1, -0.05) is 25.1 Å². The first-order chi connectivity index (χ1) is 8.34. The van der Waals surface area contributed by atoms with Gasteiger partial charge in [0.1, 0.15) is 5.75 Å². The zero-order valence-electron chi connectivity index (χ0n) is 11.0. The standard InChI is InChI=1S/C8H10O.C3H6O2.CH3NO2/c1-7-5-3-4-6-8(7)9-2;1-2-3(4)5;1-2(3)4/h3-6H,1-2H3;2H2,1H3,(H,4,5);1H3. The van der Waals surface area contributed by atoms with E-state index in [0.29, 0.717) is 0 Å². The normalized spacial score (nSPS) is 8.00. The van der Waals surface area contributed by atoms with Gasteiger partial charge in [0.05, 0.1) is 7.11 Å². The van der Waals surface area contributed by atoms with Gasteiger partial charge in [0, 0.05) is 11.3 Å². The van der Waals surface area contributed by atoms with Gasteiger partial charge in [0.15, 0.2) is 7.05 Å². The number of hydrogen-bond acceptors (Lipinski definition) is 4. The fraction of sp³-hybridized carbons (Fsp3) is 0.417. The largest absolute Gasteiger partial charge is 0.496 e. The number of ether oxygens (including phenoxy) is 1. The number of aliphatic carboxylic acids is 1. The fourth-order valence-electron chi connectivity index (χ4n) is 0.785. The van der Waals surface area contributed by atoms with Crippen molar-refractivity contribution in [1.29, 1.82) is 0 Å². The Kier molecular flexibility index (Phi) is 11.5. The van der Waals surface area contributed by atoms with Gasteiger partial charge in [0.2, 0.25) is 0 Å². The minimum Gasteiger partial charge on any atom is -0.496 e. The van der Waals surface area contributed by atoms with Crippen LogP contribution in [0.2, 0.25) is 0 Å². The van der Waals surface area contributed by atoms with Crippen molar-refractivity contribution in [2.75, 3.05) is 14.2 Å². The summed E-state index contributed by atoms with van der Waals surface area (Å²) in [6.45, 7) is 3.63. The van der Waals surface area contributed by atoms with Gasteiger partial charge < -0.3 is 9.84 Å². The number of methoxy groups -OCH3 is 1. The fourth-order valence-corrected chi connectivity index (χ4v) is 0.785. The van der Waals surface area contributed by atoms with Crippen LogP contribution in [0.4, 0.5) is 0 Å². The van der Waals surface area contributed by atoms with E-state index in [1.165, 1.54) is 5.56 Å². The summed E-state index contributed by atoms with van der Waals surface area (Å²) in [5.41, 5.74) is 1.18. The molecule has 0 aliphatic heterocycles. The second-order valence-corrected chi connectivity index (χ2v) is 3.16. The van der Waals surface area contributed by atoms with E-state index in [1.54, 1.807) is 14.0 Å². The molecule has 6 nitrogen and oxygen atoms in total. The van der Waals surface area contributed by atoms with Crippen LogP contribution in [0.5, 0.6) is 5.75 Å². The van der Waals surface area contributed by atoms with Gasteiger partial charge in [-0.2, -0.15) is 0 Å². The lowest BCUT2D eigenvalue weighted by atomic mass is 10.2. The zero-order valence-corrected chi connectivity index (χ0v) is 11.0. The Morgan fingerprint density at radius 2 is 1.83 bits per heavy atom. The van der Waals surface area contributed by atoms with Crippen LogP contribution in [-0.2, 0) is 4.79 Å². The molecule has 102 valence electrons. The highest BCUT2D eigenvalue weighted by Crippen LogP contribution is 2.14. The predicted molar refractivity (Wildman–Crippen MR) is 68.6 cm³/mol. The third kappa shape index (κ3) is 13.9. The van der Waals surface area contributed by atoms with Gasteiger partial charge in [-0.05, 0) is 18.6 Å². The average molecular weight is 257 g/mol. The first-order valence-electron chi connectivity index (χ1n) is 5.24. The van der Waals surface area contributed by atoms with Crippen LogP contribution in [0.25, 0.3) is 0 Å². The van der Waals surface area contributed by atoms with Crippen molar-refractivity contribution in [3.63, 3.8) is 0 Å². The van der Waals surface area contributed by atoms with E-state index >= 15 is 0 Å². The molecule has 1 rings (SSSR count). The number of carboxylic acids is 1. The topological polar surface area (TPSA) is 89.7 Å². The maximum absolute atomic E-state index is 9.37. The SMILES string of the molecule is CCC(=O)O.COc1ccccc1C.C[N+](=O)[O-]. The van der Waals surface area contributed by atoms with Crippen molar-refractivity contribution in [3.05, 3.63) is 39.9 Å². The molecule has 0 aliphatic rings. The number of rotatable bonds is 2. The highest BCUT2D eigenvalue weighted by molar-refractivity contribution is 5.66. The smallest absolute Gasteiger partial charge is 0.303 e. The molecule has 0 amide bonds. The lowest BCUT2D eigenvalue weighted by molar-refractivity contribution is -0.445. The summed E-state index contributed by atoms with van der Waals surface area (Å²) in [5, 5.41) is 16.5. The molecule has 1 N–H and O–H groups in total. The summed E-state index contributed by atoms with van der Waals surface area (Å²) in [7, 11) is 2.57. The second-order valence-electron chi connectivity index (χ2n) is 3.16. The highest BCUT2D eigenvalue weighted by atomic mass is 16.6. The van der Waals surface area contributed by atoms with Crippen LogP contribution < -0.4 is 4.74 Å². The Balaban J connectivity index is 0. The maximum atomic E-state index is 9.37. The molecule has 18 heavy (non-hydrogen) atoms. The van der Waals surface area contributed by atoms with Crippen molar-refractivity contribution in [2.45, 2.75) is 20.3 Å². The summed E-state index contributed by atoms with van der Waals surface area (Å²) >= 11 is 0. The molecule has 1 aromatic carbocycles. The van der Waals surface area contributed by atoms with Crippen molar-refractivity contribution in [2.24, 2.45) is 0 Å². The third-order valence-electron chi connectivity index (χ3n) is 1.62. The number of benzene rings is 1. The lowest BCUT2D eigenvalue weighted by Gasteiger charge is -2.00. The number of hydrogen-bond donors (Lipinski definition) is 1. The van der Waals surface area contributed by atoms with Crippen LogP contribution in [-0.4, -0.2) is 30.2 Å². The molecule has 0 aromatic heterocycles. The monoisotopic (exact) mass is 257 g/mol. The average Bonchev–Trinajstić information content (AvgIpc) is 2.29. The van der Waals surface area contributed by atoms with Crippen LogP contribution in [0.1, 0.15) is 18.9 Å². The van der Waals surface area contributed by atoms with E-state index in [1.807, 2.05) is 31.2 Å². The molecule has 0 unspecified atom stereocenters. The van der Waals surface area contributed by atoms with E-state index < -0.39 is 10.9 Å². The zero-order chi connectivity index (χ0) is 14.6. The highest BCUT2D eigenvalue weighted by Gasteiger charge is 1.90. The molecule has 6 heteroatoms. The molecule has 0 radical (unpaired) electrons. The van der Waals surface area contributed by atoms with Gasteiger partial charge in [0.25, 0.3) is 0 Å². The summed E-state index contributed by atoms with van der Waals surface area (Å²) < 4.78 is 5.04. The van der Waals surface area contributed by atoms with Crippen LogP contribution >= 0.6 is 0 Å². The number of para-hydroxylation sites is 1. The quantitative estimate of drug-likeness (QED) is 0.649. The summed E-state index contributed by atoms with van der Waals surface area (Å²) in [4.78, 5) is 17.7. The number of aryl methyl sites for hydroxylation is 1. The van der Waals surface area contributed by atoms with E-state index in [0.717, 1.165) is 12.8 Å². The van der Waals surface area contributed by atoms with Crippen LogP contribution in [0.3, 0.4) is 0 Å². The van der Waals surface area contributed by atoms with Crippen molar-refractivity contribution < 1.29 is 19.6 Å². The summed E-state index contributed by atoms with van der Waals surface area (Å²) in [5.74, 6) is 0.211. The lowest BCUT2D eigenvalue weighted by Crippen LogP contribution is -1.86. The molecular formula is C12H19NO5.